The van der Waals surface area contributed by atoms with Gasteiger partial charge in [-0.1, -0.05) is 18.2 Å². The molecule has 0 N–H and O–H groups in total. The number of para-hydroxylation sites is 1. The number of hydrogen-bond acceptors (Lipinski definition) is 1. The molecule has 0 radical (unpaired) electrons. The van der Waals surface area contributed by atoms with E-state index < -0.39 is 0 Å². The number of hydrogen-bond donors (Lipinski definition) is 0. The maximum Gasteiger partial charge on any atom is 0.168 e. The zero-order valence-electron chi connectivity index (χ0n) is 6.39. The maximum atomic E-state index is 13.4. The van der Waals surface area contributed by atoms with Crippen LogP contribution in [0.25, 0.3) is 10.9 Å². The van der Waals surface area contributed by atoms with Crippen molar-refractivity contribution in [1.29, 1.82) is 0 Å². The SMILES string of the molecule is Fc1c(I)nc2ccccc2c1I. The Labute approximate surface area is 102 Å². The van der Waals surface area contributed by atoms with Crippen molar-refractivity contribution in [3.63, 3.8) is 0 Å². The topological polar surface area (TPSA) is 12.9 Å². The summed E-state index contributed by atoms with van der Waals surface area (Å²) in [5, 5.41) is 0.876. The van der Waals surface area contributed by atoms with Crippen LogP contribution in [0, 0.1) is 13.1 Å². The van der Waals surface area contributed by atoms with Gasteiger partial charge < -0.3 is 0 Å². The van der Waals surface area contributed by atoms with Crippen LogP contribution in [0.15, 0.2) is 24.3 Å². The first-order valence-corrected chi connectivity index (χ1v) is 5.75. The minimum absolute atomic E-state index is 0.222. The lowest BCUT2D eigenvalue weighted by atomic mass is 10.2. The molecule has 1 nitrogen and oxygen atoms in total. The van der Waals surface area contributed by atoms with Crippen LogP contribution in [-0.2, 0) is 0 Å². The van der Waals surface area contributed by atoms with E-state index in [1.807, 2.05) is 69.4 Å². The first-order valence-electron chi connectivity index (χ1n) is 3.59. The Bertz CT molecular complexity index is 470. The molecule has 0 aliphatic carbocycles. The number of benzene rings is 1. The molecule has 0 bridgehead atoms. The van der Waals surface area contributed by atoms with Gasteiger partial charge in [0.2, 0.25) is 0 Å². The highest BCUT2D eigenvalue weighted by molar-refractivity contribution is 14.1. The van der Waals surface area contributed by atoms with Crippen LogP contribution in [0.2, 0.25) is 0 Å². The van der Waals surface area contributed by atoms with Gasteiger partial charge in [0.25, 0.3) is 0 Å². The molecule has 0 fully saturated rings. The van der Waals surface area contributed by atoms with Gasteiger partial charge in [-0.3, -0.25) is 0 Å². The van der Waals surface area contributed by atoms with E-state index in [0.717, 1.165) is 10.9 Å². The summed E-state index contributed by atoms with van der Waals surface area (Å²) in [6.07, 6.45) is 0. The minimum Gasteiger partial charge on any atom is -0.239 e. The number of aromatic nitrogens is 1. The lowest BCUT2D eigenvalue weighted by Crippen LogP contribution is -1.93. The second-order valence-corrected chi connectivity index (χ2v) is 4.65. The van der Waals surface area contributed by atoms with Gasteiger partial charge in [-0.15, -0.1) is 0 Å². The van der Waals surface area contributed by atoms with Gasteiger partial charge in [0.05, 0.1) is 9.09 Å². The monoisotopic (exact) mass is 399 g/mol. The lowest BCUT2D eigenvalue weighted by molar-refractivity contribution is 0.608. The Hall–Kier alpha value is 0.0200. The lowest BCUT2D eigenvalue weighted by Gasteiger charge is -2.02. The highest BCUT2D eigenvalue weighted by Crippen LogP contribution is 2.24. The molecule has 0 aliphatic rings. The molecule has 0 atom stereocenters. The van der Waals surface area contributed by atoms with E-state index >= 15 is 0 Å². The second kappa shape index (κ2) is 3.64. The van der Waals surface area contributed by atoms with Crippen LogP contribution in [0.4, 0.5) is 4.39 Å². The molecule has 0 saturated carbocycles. The van der Waals surface area contributed by atoms with Crippen LogP contribution >= 0.6 is 45.2 Å². The molecule has 1 aromatic carbocycles. The van der Waals surface area contributed by atoms with Gasteiger partial charge in [0, 0.05) is 5.39 Å². The van der Waals surface area contributed by atoms with Crippen molar-refractivity contribution in [1.82, 2.24) is 4.98 Å². The Morgan fingerprint density at radius 1 is 1.15 bits per heavy atom. The summed E-state index contributed by atoms with van der Waals surface area (Å²) in [4.78, 5) is 4.14. The van der Waals surface area contributed by atoms with Crippen molar-refractivity contribution in [2.75, 3.05) is 0 Å². The predicted octanol–water partition coefficient (Wildman–Crippen LogP) is 3.58. The molecule has 2 aromatic rings. The normalized spacial score (nSPS) is 10.7. The average Bonchev–Trinajstić information content (AvgIpc) is 2.15. The van der Waals surface area contributed by atoms with Crippen molar-refractivity contribution in [3.05, 3.63) is 37.4 Å². The number of halogens is 3. The number of fused-ring (bicyclic) bond motifs is 1. The van der Waals surface area contributed by atoms with Crippen molar-refractivity contribution >= 4 is 56.1 Å². The van der Waals surface area contributed by atoms with Gasteiger partial charge in [-0.25, -0.2) is 9.37 Å². The summed E-state index contributed by atoms with van der Waals surface area (Å²) in [5.74, 6) is -0.222. The third-order valence-corrected chi connectivity index (χ3v) is 3.50. The molecule has 2 rings (SSSR count). The van der Waals surface area contributed by atoms with E-state index in [1.165, 1.54) is 0 Å². The van der Waals surface area contributed by atoms with Crippen molar-refractivity contribution < 1.29 is 4.39 Å². The molecule has 0 aliphatic heterocycles. The van der Waals surface area contributed by atoms with Crippen LogP contribution in [-0.4, -0.2) is 4.98 Å². The molecule has 1 heterocycles. The van der Waals surface area contributed by atoms with Crippen LogP contribution in [0.5, 0.6) is 0 Å². The average molecular weight is 399 g/mol. The summed E-state index contributed by atoms with van der Waals surface area (Å²) in [6.45, 7) is 0. The standard InChI is InChI=1S/C9H4FI2N/c10-7-8(11)5-3-1-2-4-6(5)13-9(7)12/h1-4H. The molecule has 66 valence electrons. The Balaban J connectivity index is 2.94. The summed E-state index contributed by atoms with van der Waals surface area (Å²) in [7, 11) is 0. The summed E-state index contributed by atoms with van der Waals surface area (Å²) in [5.41, 5.74) is 0.845. The fraction of sp³-hybridized carbons (Fsp3) is 0. The van der Waals surface area contributed by atoms with Crippen molar-refractivity contribution in [3.8, 4) is 0 Å². The number of rotatable bonds is 0. The Kier molecular flexibility index (Phi) is 2.68. The molecular weight excluding hydrogens is 395 g/mol. The van der Waals surface area contributed by atoms with E-state index in [-0.39, 0.29) is 5.82 Å². The van der Waals surface area contributed by atoms with Crippen molar-refractivity contribution in [2.45, 2.75) is 0 Å². The van der Waals surface area contributed by atoms with E-state index in [4.69, 9.17) is 0 Å². The highest BCUT2D eigenvalue weighted by atomic mass is 127. The molecule has 0 saturated heterocycles. The van der Waals surface area contributed by atoms with E-state index in [9.17, 15) is 4.39 Å². The second-order valence-electron chi connectivity index (χ2n) is 2.55. The molecule has 13 heavy (non-hydrogen) atoms. The Morgan fingerprint density at radius 3 is 2.62 bits per heavy atom. The van der Waals surface area contributed by atoms with E-state index in [1.54, 1.807) is 0 Å². The van der Waals surface area contributed by atoms with Crippen molar-refractivity contribution in [2.24, 2.45) is 0 Å². The highest BCUT2D eigenvalue weighted by Gasteiger charge is 2.09. The predicted molar refractivity (Wildman–Crippen MR) is 67.1 cm³/mol. The zero-order chi connectivity index (χ0) is 9.42. The third kappa shape index (κ3) is 1.65. The van der Waals surface area contributed by atoms with Gasteiger partial charge in [0.1, 0.15) is 3.70 Å². The molecular formula is C9H4FI2N. The molecule has 0 amide bonds. The van der Waals surface area contributed by atoms with Crippen LogP contribution in [0.3, 0.4) is 0 Å². The van der Waals surface area contributed by atoms with Crippen LogP contribution in [0.1, 0.15) is 0 Å². The Morgan fingerprint density at radius 2 is 1.85 bits per heavy atom. The zero-order valence-corrected chi connectivity index (χ0v) is 10.7. The fourth-order valence-electron chi connectivity index (χ4n) is 1.12. The van der Waals surface area contributed by atoms with Crippen LogP contribution < -0.4 is 0 Å². The van der Waals surface area contributed by atoms with Gasteiger partial charge in [-0.05, 0) is 51.2 Å². The first-order chi connectivity index (χ1) is 6.20. The van der Waals surface area contributed by atoms with Gasteiger partial charge in [-0.2, -0.15) is 0 Å². The van der Waals surface area contributed by atoms with E-state index in [2.05, 4.69) is 4.98 Å². The first kappa shape index (κ1) is 9.57. The number of pyridine rings is 1. The quantitative estimate of drug-likeness (QED) is 0.488. The molecule has 4 heteroatoms. The van der Waals surface area contributed by atoms with E-state index in [0.29, 0.717) is 7.27 Å². The van der Waals surface area contributed by atoms with Gasteiger partial charge in [0.15, 0.2) is 5.82 Å². The summed E-state index contributed by atoms with van der Waals surface area (Å²) in [6, 6.07) is 7.56. The molecule has 1 aromatic heterocycles. The largest absolute Gasteiger partial charge is 0.239 e. The molecule has 0 spiro atoms. The molecule has 0 unspecified atom stereocenters. The summed E-state index contributed by atoms with van der Waals surface area (Å²) >= 11 is 3.92. The summed E-state index contributed by atoms with van der Waals surface area (Å²) < 4.78 is 14.5. The third-order valence-electron chi connectivity index (χ3n) is 1.73. The number of nitrogens with zero attached hydrogens (tertiary/aromatic N) is 1. The maximum absolute atomic E-state index is 13.4. The minimum atomic E-state index is -0.222. The van der Waals surface area contributed by atoms with Gasteiger partial charge >= 0.3 is 0 Å². The fourth-order valence-corrected chi connectivity index (χ4v) is 2.88. The smallest absolute Gasteiger partial charge is 0.168 e.